The third-order valence-electron chi connectivity index (χ3n) is 6.49. The van der Waals surface area contributed by atoms with Crippen LogP contribution in [-0.4, -0.2) is 61.4 Å². The van der Waals surface area contributed by atoms with Crippen molar-refractivity contribution in [3.8, 4) is 17.1 Å². The van der Waals surface area contributed by atoms with Gasteiger partial charge in [0.2, 0.25) is 11.7 Å². The number of tetrazole rings is 1. The first-order chi connectivity index (χ1) is 17.8. The zero-order valence-electron chi connectivity index (χ0n) is 21.2. The van der Waals surface area contributed by atoms with Crippen LogP contribution in [0.4, 0.5) is 0 Å². The molecule has 0 radical (unpaired) electrons. The minimum absolute atomic E-state index is 0.00854. The first-order valence-corrected chi connectivity index (χ1v) is 12.5. The van der Waals surface area contributed by atoms with Crippen molar-refractivity contribution in [3.63, 3.8) is 0 Å². The number of hydrogen-bond donors (Lipinski definition) is 3. The molecule has 1 aliphatic rings. The minimum atomic E-state index is -0.629. The molecule has 1 fully saturated rings. The molecule has 1 aromatic carbocycles. The number of benzene rings is 1. The third kappa shape index (κ3) is 6.88. The number of amides is 2. The second kappa shape index (κ2) is 11.9. The van der Waals surface area contributed by atoms with Crippen LogP contribution in [0.5, 0.6) is 5.75 Å². The third-order valence-corrected chi connectivity index (χ3v) is 6.49. The molecule has 0 aliphatic heterocycles. The van der Waals surface area contributed by atoms with Crippen molar-refractivity contribution in [2.75, 3.05) is 13.2 Å². The zero-order valence-corrected chi connectivity index (χ0v) is 21.2. The molecule has 2 aromatic heterocycles. The van der Waals surface area contributed by atoms with E-state index in [2.05, 4.69) is 25.7 Å². The second-order valence-electron chi connectivity index (χ2n) is 9.48. The van der Waals surface area contributed by atoms with Gasteiger partial charge in [-0.1, -0.05) is 12.1 Å². The monoisotopic (exact) mass is 507 g/mol. The van der Waals surface area contributed by atoms with Gasteiger partial charge in [0.05, 0.1) is 13.2 Å². The van der Waals surface area contributed by atoms with E-state index in [1.165, 1.54) is 0 Å². The largest absolute Gasteiger partial charge is 0.491 e. The fraction of sp³-hybridized carbons (Fsp3) is 0.462. The number of nitrogens with two attached hydrogens (primary N) is 1. The quantitative estimate of drug-likeness (QED) is 0.375. The molecule has 0 saturated heterocycles. The molecule has 11 nitrogen and oxygen atoms in total. The molecule has 0 atom stereocenters. The Morgan fingerprint density at radius 3 is 2.70 bits per heavy atom. The molecule has 4 rings (SSSR count). The molecule has 0 unspecified atom stereocenters. The van der Waals surface area contributed by atoms with Gasteiger partial charge in [-0.05, 0) is 73.1 Å². The molecule has 4 N–H and O–H groups in total. The van der Waals surface area contributed by atoms with E-state index in [0.29, 0.717) is 47.3 Å². The number of pyridine rings is 1. The Hall–Kier alpha value is -3.86. The van der Waals surface area contributed by atoms with Crippen molar-refractivity contribution in [2.45, 2.75) is 58.5 Å². The van der Waals surface area contributed by atoms with E-state index in [-0.39, 0.29) is 30.9 Å². The fourth-order valence-corrected chi connectivity index (χ4v) is 4.83. The summed E-state index contributed by atoms with van der Waals surface area (Å²) in [6, 6.07) is 9.50. The van der Waals surface area contributed by atoms with Crippen LogP contribution in [0.3, 0.4) is 0 Å². The maximum atomic E-state index is 12.3. The standard InChI is InChI=1S/C26H33N7O4/c1-16-12-23(26-30-32-33(31-26)15-18-6-8-20(9-7-18)29-17(2)35)22(24(28-16)25(27)36)14-19-4-3-5-21(13-19)37-11-10-34/h3-5,12-13,18,20,34H,6-11,14-15H2,1-2H3,(H2,27,36)(H,29,35). The van der Waals surface area contributed by atoms with Crippen LogP contribution in [0.1, 0.15) is 59.9 Å². The lowest BCUT2D eigenvalue weighted by Gasteiger charge is -2.28. The Kier molecular flexibility index (Phi) is 8.44. The Balaban J connectivity index is 1.56. The lowest BCUT2D eigenvalue weighted by Crippen LogP contribution is -2.36. The number of carbonyl (C=O) groups is 2. The van der Waals surface area contributed by atoms with E-state index in [4.69, 9.17) is 15.6 Å². The SMILES string of the molecule is CC(=O)NC1CCC(Cn2nnc(-c3cc(C)nc(C(N)=O)c3Cc3cccc(OCCO)c3)n2)CC1. The van der Waals surface area contributed by atoms with Crippen molar-refractivity contribution in [1.82, 2.24) is 30.5 Å². The molecule has 2 amide bonds. The van der Waals surface area contributed by atoms with E-state index in [9.17, 15) is 9.59 Å². The number of aryl methyl sites for hydroxylation is 1. The Morgan fingerprint density at radius 2 is 2.00 bits per heavy atom. The van der Waals surface area contributed by atoms with E-state index in [1.54, 1.807) is 24.7 Å². The topological polar surface area (TPSA) is 158 Å². The summed E-state index contributed by atoms with van der Waals surface area (Å²) in [6.45, 7) is 4.08. The molecule has 1 saturated carbocycles. The molecule has 0 spiro atoms. The van der Waals surface area contributed by atoms with Gasteiger partial charge in [-0.3, -0.25) is 9.59 Å². The van der Waals surface area contributed by atoms with Gasteiger partial charge in [0.1, 0.15) is 18.1 Å². The Labute approximate surface area is 215 Å². The van der Waals surface area contributed by atoms with Crippen LogP contribution in [0, 0.1) is 12.8 Å². The van der Waals surface area contributed by atoms with Crippen molar-refractivity contribution < 1.29 is 19.4 Å². The van der Waals surface area contributed by atoms with Gasteiger partial charge in [-0.25, -0.2) is 4.98 Å². The van der Waals surface area contributed by atoms with Crippen molar-refractivity contribution in [3.05, 3.63) is 52.8 Å². The summed E-state index contributed by atoms with van der Waals surface area (Å²) < 4.78 is 5.53. The number of aliphatic hydroxyl groups is 1. The summed E-state index contributed by atoms with van der Waals surface area (Å²) in [4.78, 5) is 29.7. The predicted octanol–water partition coefficient (Wildman–Crippen LogP) is 1.80. The smallest absolute Gasteiger partial charge is 0.267 e. The number of aromatic nitrogens is 5. The summed E-state index contributed by atoms with van der Waals surface area (Å²) in [5.41, 5.74) is 8.66. The number of nitrogens with one attached hydrogen (secondary N) is 1. The van der Waals surface area contributed by atoms with Crippen molar-refractivity contribution >= 4 is 11.8 Å². The molecular formula is C26H33N7O4. The van der Waals surface area contributed by atoms with E-state index in [0.717, 1.165) is 31.2 Å². The lowest BCUT2D eigenvalue weighted by molar-refractivity contribution is -0.119. The zero-order chi connectivity index (χ0) is 26.4. The highest BCUT2D eigenvalue weighted by molar-refractivity contribution is 5.94. The average molecular weight is 508 g/mol. The maximum absolute atomic E-state index is 12.3. The number of rotatable bonds is 10. The first kappa shape index (κ1) is 26.2. The maximum Gasteiger partial charge on any atom is 0.267 e. The summed E-state index contributed by atoms with van der Waals surface area (Å²) in [5.74, 6) is 0.799. The highest BCUT2D eigenvalue weighted by Gasteiger charge is 2.24. The van der Waals surface area contributed by atoms with Crippen molar-refractivity contribution in [2.24, 2.45) is 11.7 Å². The van der Waals surface area contributed by atoms with Crippen LogP contribution in [0.2, 0.25) is 0 Å². The van der Waals surface area contributed by atoms with Gasteiger partial charge < -0.3 is 20.9 Å². The van der Waals surface area contributed by atoms with E-state index >= 15 is 0 Å². The van der Waals surface area contributed by atoms with Crippen LogP contribution in [-0.2, 0) is 17.8 Å². The van der Waals surface area contributed by atoms with E-state index < -0.39 is 5.91 Å². The van der Waals surface area contributed by atoms with Crippen LogP contribution >= 0.6 is 0 Å². The first-order valence-electron chi connectivity index (χ1n) is 12.5. The molecular weight excluding hydrogens is 474 g/mol. The molecule has 0 bridgehead atoms. The summed E-state index contributed by atoms with van der Waals surface area (Å²) in [5, 5.41) is 25.3. The number of ether oxygens (including phenoxy) is 1. The summed E-state index contributed by atoms with van der Waals surface area (Å²) >= 11 is 0. The number of primary amides is 1. The van der Waals surface area contributed by atoms with Gasteiger partial charge in [0, 0.05) is 30.6 Å². The lowest BCUT2D eigenvalue weighted by atomic mass is 9.86. The summed E-state index contributed by atoms with van der Waals surface area (Å²) in [7, 11) is 0. The predicted molar refractivity (Wildman–Crippen MR) is 136 cm³/mol. The molecule has 3 aromatic rings. The van der Waals surface area contributed by atoms with Gasteiger partial charge in [-0.15, -0.1) is 10.2 Å². The van der Waals surface area contributed by atoms with E-state index in [1.807, 2.05) is 24.3 Å². The van der Waals surface area contributed by atoms with Crippen LogP contribution in [0.25, 0.3) is 11.4 Å². The molecule has 1 aliphatic carbocycles. The Morgan fingerprint density at radius 1 is 1.22 bits per heavy atom. The molecule has 196 valence electrons. The van der Waals surface area contributed by atoms with Gasteiger partial charge in [0.25, 0.3) is 5.91 Å². The second-order valence-corrected chi connectivity index (χ2v) is 9.48. The highest BCUT2D eigenvalue weighted by atomic mass is 16.5. The highest BCUT2D eigenvalue weighted by Crippen LogP contribution is 2.29. The number of aliphatic hydroxyl groups excluding tert-OH is 1. The van der Waals surface area contributed by atoms with Gasteiger partial charge in [0.15, 0.2) is 0 Å². The Bertz CT molecular complexity index is 1250. The van der Waals surface area contributed by atoms with Crippen molar-refractivity contribution in [1.29, 1.82) is 0 Å². The number of carbonyl (C=O) groups excluding carboxylic acids is 2. The molecule has 37 heavy (non-hydrogen) atoms. The average Bonchev–Trinajstić information content (AvgIpc) is 3.33. The number of nitrogens with zero attached hydrogens (tertiary/aromatic N) is 5. The number of hydrogen-bond acceptors (Lipinski definition) is 8. The van der Waals surface area contributed by atoms with Crippen LogP contribution < -0.4 is 15.8 Å². The minimum Gasteiger partial charge on any atom is -0.491 e. The van der Waals surface area contributed by atoms with Crippen LogP contribution in [0.15, 0.2) is 30.3 Å². The molecule has 2 heterocycles. The fourth-order valence-electron chi connectivity index (χ4n) is 4.83. The summed E-state index contributed by atoms with van der Waals surface area (Å²) in [6.07, 6.45) is 4.17. The molecule has 11 heteroatoms. The normalized spacial score (nSPS) is 17.4. The van der Waals surface area contributed by atoms with Gasteiger partial charge in [-0.2, -0.15) is 4.80 Å². The van der Waals surface area contributed by atoms with Gasteiger partial charge >= 0.3 is 0 Å².